The number of rotatable bonds is 6. The van der Waals surface area contributed by atoms with Crippen LogP contribution < -0.4 is 5.32 Å². The highest BCUT2D eigenvalue weighted by Crippen LogP contribution is 2.29. The minimum Gasteiger partial charge on any atom is -0.439 e. The van der Waals surface area contributed by atoms with E-state index in [4.69, 9.17) is 4.74 Å². The molecule has 6 nitrogen and oxygen atoms in total. The summed E-state index contributed by atoms with van der Waals surface area (Å²) >= 11 is 3.35. The normalized spacial score (nSPS) is 18.7. The van der Waals surface area contributed by atoms with Gasteiger partial charge in [0.1, 0.15) is 12.1 Å². The van der Waals surface area contributed by atoms with Gasteiger partial charge in [-0.1, -0.05) is 41.4 Å². The molecule has 0 saturated carbocycles. The maximum Gasteiger partial charge on any atom is 0.411 e. The number of imide groups is 1. The van der Waals surface area contributed by atoms with Crippen LogP contribution in [0.25, 0.3) is 0 Å². The summed E-state index contributed by atoms with van der Waals surface area (Å²) < 4.78 is 6.30. The van der Waals surface area contributed by atoms with Gasteiger partial charge in [-0.2, -0.15) is 0 Å². The predicted octanol–water partition coefficient (Wildman–Crippen LogP) is 2.38. The number of ether oxygens (including phenoxy) is 1. The second kappa shape index (κ2) is 7.40. The quantitative estimate of drug-likeness (QED) is 0.782. The first-order chi connectivity index (χ1) is 10.6. The Morgan fingerprint density at radius 2 is 2.18 bits per heavy atom. The van der Waals surface area contributed by atoms with E-state index in [9.17, 15) is 14.4 Å². The number of nitrogens with zero attached hydrogens (tertiary/aromatic N) is 1. The minimum absolute atomic E-state index is 0.289. The maximum atomic E-state index is 12.1. The number of hydrogen-bond acceptors (Lipinski definition) is 4. The molecular formula is C15H17BrN2O4. The Balaban J connectivity index is 2.14. The van der Waals surface area contributed by atoms with Crippen molar-refractivity contribution in [2.45, 2.75) is 31.9 Å². The number of nitrogens with one attached hydrogen (secondary N) is 1. The smallest absolute Gasteiger partial charge is 0.411 e. The fraction of sp³-hybridized carbons (Fsp3) is 0.400. The molecule has 0 radical (unpaired) electrons. The van der Waals surface area contributed by atoms with Gasteiger partial charge in [0.15, 0.2) is 0 Å². The molecule has 2 unspecified atom stereocenters. The molecule has 1 fully saturated rings. The third kappa shape index (κ3) is 3.65. The number of carbonyl (C=O) groups excluding carboxylic acids is 3. The number of benzene rings is 1. The second-order valence-corrected chi connectivity index (χ2v) is 5.92. The first-order valence-corrected chi connectivity index (χ1v) is 7.82. The molecule has 22 heavy (non-hydrogen) atoms. The standard InChI is InChI=1S/C15H17BrN2O4/c1-2-3-12(14(20)17-9-19)18-8-13(22-15(18)21)10-4-6-11(16)7-5-10/h4-7,9,12-13H,2-3,8H2,1H3,(H,17,19,20). The van der Waals surface area contributed by atoms with Crippen molar-refractivity contribution in [1.82, 2.24) is 10.2 Å². The van der Waals surface area contributed by atoms with Gasteiger partial charge >= 0.3 is 6.09 Å². The molecule has 0 aliphatic carbocycles. The molecule has 1 heterocycles. The average molecular weight is 369 g/mol. The van der Waals surface area contributed by atoms with Crippen molar-refractivity contribution < 1.29 is 19.1 Å². The van der Waals surface area contributed by atoms with E-state index in [1.165, 1.54) is 4.90 Å². The molecule has 1 aromatic rings. The van der Waals surface area contributed by atoms with Gasteiger partial charge < -0.3 is 4.74 Å². The van der Waals surface area contributed by atoms with Gasteiger partial charge in [0.05, 0.1) is 6.54 Å². The molecule has 1 saturated heterocycles. The highest BCUT2D eigenvalue weighted by molar-refractivity contribution is 9.10. The Hall–Kier alpha value is -1.89. The molecule has 0 aromatic heterocycles. The van der Waals surface area contributed by atoms with Gasteiger partial charge in [-0.15, -0.1) is 0 Å². The third-order valence-electron chi connectivity index (χ3n) is 3.52. The summed E-state index contributed by atoms with van der Waals surface area (Å²) in [6.45, 7) is 2.20. The monoisotopic (exact) mass is 368 g/mol. The SMILES string of the molecule is CCCC(C(=O)NC=O)N1CC(c2ccc(Br)cc2)OC1=O. The molecule has 1 aliphatic rings. The third-order valence-corrected chi connectivity index (χ3v) is 4.05. The van der Waals surface area contributed by atoms with Gasteiger partial charge in [0.25, 0.3) is 0 Å². The lowest BCUT2D eigenvalue weighted by molar-refractivity contribution is -0.129. The van der Waals surface area contributed by atoms with Crippen LogP contribution in [0, 0.1) is 0 Å². The summed E-state index contributed by atoms with van der Waals surface area (Å²) in [5, 5.41) is 2.11. The van der Waals surface area contributed by atoms with Crippen molar-refractivity contribution >= 4 is 34.3 Å². The summed E-state index contributed by atoms with van der Waals surface area (Å²) in [4.78, 5) is 35.9. The minimum atomic E-state index is -0.692. The van der Waals surface area contributed by atoms with Gasteiger partial charge in [-0.25, -0.2) is 4.79 Å². The van der Waals surface area contributed by atoms with Crippen molar-refractivity contribution in [3.63, 3.8) is 0 Å². The Morgan fingerprint density at radius 3 is 2.77 bits per heavy atom. The highest BCUT2D eigenvalue weighted by Gasteiger charge is 2.39. The average Bonchev–Trinajstić information content (AvgIpc) is 2.87. The maximum absolute atomic E-state index is 12.1. The lowest BCUT2D eigenvalue weighted by Gasteiger charge is -2.23. The molecule has 1 aromatic carbocycles. The van der Waals surface area contributed by atoms with Crippen LogP contribution in [0.4, 0.5) is 4.79 Å². The van der Waals surface area contributed by atoms with Crippen molar-refractivity contribution in [3.8, 4) is 0 Å². The summed E-state index contributed by atoms with van der Waals surface area (Å²) in [5.41, 5.74) is 0.866. The van der Waals surface area contributed by atoms with Crippen molar-refractivity contribution in [1.29, 1.82) is 0 Å². The van der Waals surface area contributed by atoms with Gasteiger partial charge in [-0.3, -0.25) is 19.8 Å². The van der Waals surface area contributed by atoms with Crippen LogP contribution in [0.15, 0.2) is 28.7 Å². The Morgan fingerprint density at radius 1 is 1.50 bits per heavy atom. The van der Waals surface area contributed by atoms with Crippen LogP contribution in [0.1, 0.15) is 31.4 Å². The lowest BCUT2D eigenvalue weighted by Crippen LogP contribution is -2.47. The summed E-state index contributed by atoms with van der Waals surface area (Å²) in [6, 6.07) is 6.78. The Bertz CT molecular complexity index is 561. The van der Waals surface area contributed by atoms with E-state index in [1.807, 2.05) is 31.2 Å². The second-order valence-electron chi connectivity index (χ2n) is 5.01. The fourth-order valence-corrected chi connectivity index (χ4v) is 2.71. The van der Waals surface area contributed by atoms with E-state index >= 15 is 0 Å². The van der Waals surface area contributed by atoms with Gasteiger partial charge in [0, 0.05) is 4.47 Å². The number of carbonyl (C=O) groups is 3. The predicted molar refractivity (Wildman–Crippen MR) is 83.0 cm³/mol. The topological polar surface area (TPSA) is 75.7 Å². The first kappa shape index (κ1) is 16.5. The zero-order valence-corrected chi connectivity index (χ0v) is 13.7. The van der Waals surface area contributed by atoms with E-state index < -0.39 is 24.1 Å². The molecule has 2 rings (SSSR count). The van der Waals surface area contributed by atoms with Crippen LogP contribution in [0.3, 0.4) is 0 Å². The van der Waals surface area contributed by atoms with Gasteiger partial charge in [-0.05, 0) is 24.1 Å². The summed E-state index contributed by atoms with van der Waals surface area (Å²) in [5.74, 6) is -0.481. The molecule has 1 N–H and O–H groups in total. The van der Waals surface area contributed by atoms with E-state index in [0.29, 0.717) is 19.3 Å². The Kier molecular flexibility index (Phi) is 5.54. The van der Waals surface area contributed by atoms with Crippen LogP contribution in [0.2, 0.25) is 0 Å². The van der Waals surface area contributed by atoms with E-state index in [1.54, 1.807) is 0 Å². The first-order valence-electron chi connectivity index (χ1n) is 7.03. The van der Waals surface area contributed by atoms with Crippen LogP contribution in [-0.2, 0) is 14.3 Å². The number of amides is 3. The molecule has 2 atom stereocenters. The largest absolute Gasteiger partial charge is 0.439 e. The molecular weight excluding hydrogens is 352 g/mol. The van der Waals surface area contributed by atoms with Crippen molar-refractivity contribution in [2.75, 3.05) is 6.54 Å². The van der Waals surface area contributed by atoms with Crippen molar-refractivity contribution in [2.24, 2.45) is 0 Å². The number of cyclic esters (lactones) is 1. The van der Waals surface area contributed by atoms with Gasteiger partial charge in [0.2, 0.25) is 12.3 Å². The summed E-state index contributed by atoms with van der Waals surface area (Å²) in [7, 11) is 0. The number of hydrogen-bond donors (Lipinski definition) is 1. The van der Waals surface area contributed by atoms with Crippen molar-refractivity contribution in [3.05, 3.63) is 34.3 Å². The molecule has 3 amide bonds. The van der Waals surface area contributed by atoms with E-state index in [-0.39, 0.29) is 6.54 Å². The molecule has 7 heteroatoms. The zero-order valence-electron chi connectivity index (χ0n) is 12.1. The van der Waals surface area contributed by atoms with E-state index in [2.05, 4.69) is 21.2 Å². The molecule has 0 bridgehead atoms. The summed E-state index contributed by atoms with van der Waals surface area (Å²) in [6.07, 6.45) is 0.570. The van der Waals surface area contributed by atoms with Crippen LogP contribution in [0.5, 0.6) is 0 Å². The van der Waals surface area contributed by atoms with Crippen LogP contribution >= 0.6 is 15.9 Å². The van der Waals surface area contributed by atoms with E-state index in [0.717, 1.165) is 10.0 Å². The zero-order chi connectivity index (χ0) is 16.1. The van der Waals surface area contributed by atoms with Crippen LogP contribution in [-0.4, -0.2) is 35.9 Å². The Labute approximate surface area is 136 Å². The number of halogens is 1. The fourth-order valence-electron chi connectivity index (χ4n) is 2.44. The highest BCUT2D eigenvalue weighted by atomic mass is 79.9. The molecule has 118 valence electrons. The molecule has 1 aliphatic heterocycles. The molecule has 0 spiro atoms. The lowest BCUT2D eigenvalue weighted by atomic mass is 10.1.